The Morgan fingerprint density at radius 2 is 1.72 bits per heavy atom. The largest absolute Gasteiger partial charge is 0.497 e. The molecule has 0 bridgehead atoms. The summed E-state index contributed by atoms with van der Waals surface area (Å²) in [5, 5.41) is 0. The molecule has 5 rings (SSSR count). The molecule has 164 valence electrons. The van der Waals surface area contributed by atoms with Gasteiger partial charge in [0.05, 0.1) is 37.4 Å². The standard InChI is InChI=1S/C26H27N3O3/c1-30-22-11-12-23-24(17-22)28-26(27-23)25(29-13-15-31-16-14-29)20-7-9-21(10-8-20)32-18-19-5-3-2-4-6-19/h2-12,17,25H,13-16,18H2,1H3,(H,27,28). The zero-order chi connectivity index (χ0) is 21.8. The smallest absolute Gasteiger partial charge is 0.129 e. The highest BCUT2D eigenvalue weighted by molar-refractivity contribution is 5.77. The van der Waals surface area contributed by atoms with E-state index in [1.165, 1.54) is 5.56 Å². The summed E-state index contributed by atoms with van der Waals surface area (Å²) >= 11 is 0. The fourth-order valence-electron chi connectivity index (χ4n) is 4.13. The van der Waals surface area contributed by atoms with Crippen LogP contribution in [0.4, 0.5) is 0 Å². The molecule has 4 aromatic rings. The zero-order valence-electron chi connectivity index (χ0n) is 18.2. The summed E-state index contributed by atoms with van der Waals surface area (Å²) in [7, 11) is 1.67. The number of ether oxygens (including phenoxy) is 3. The van der Waals surface area contributed by atoms with Crippen molar-refractivity contribution >= 4 is 11.0 Å². The van der Waals surface area contributed by atoms with Gasteiger partial charge in [0, 0.05) is 19.2 Å². The average molecular weight is 430 g/mol. The summed E-state index contributed by atoms with van der Waals surface area (Å²) in [6.07, 6.45) is 0. The van der Waals surface area contributed by atoms with Gasteiger partial charge in [-0.3, -0.25) is 4.90 Å². The fourth-order valence-corrected chi connectivity index (χ4v) is 4.13. The molecule has 6 heteroatoms. The van der Waals surface area contributed by atoms with Crippen LogP contribution in [0.15, 0.2) is 72.8 Å². The normalized spacial score (nSPS) is 15.5. The summed E-state index contributed by atoms with van der Waals surface area (Å²) in [6.45, 7) is 3.72. The van der Waals surface area contributed by atoms with Crippen LogP contribution in [0.2, 0.25) is 0 Å². The number of benzene rings is 3. The third-order valence-corrected chi connectivity index (χ3v) is 5.82. The highest BCUT2D eigenvalue weighted by atomic mass is 16.5. The van der Waals surface area contributed by atoms with E-state index in [9.17, 15) is 0 Å². The van der Waals surface area contributed by atoms with E-state index >= 15 is 0 Å². The molecule has 0 aliphatic carbocycles. The Kier molecular flexibility index (Phi) is 6.05. The lowest BCUT2D eigenvalue weighted by molar-refractivity contribution is 0.0226. The molecule has 0 saturated carbocycles. The minimum absolute atomic E-state index is 0.0143. The van der Waals surface area contributed by atoms with Gasteiger partial charge in [0.1, 0.15) is 23.9 Å². The zero-order valence-corrected chi connectivity index (χ0v) is 18.2. The maximum absolute atomic E-state index is 5.98. The number of methoxy groups -OCH3 is 1. The predicted molar refractivity (Wildman–Crippen MR) is 124 cm³/mol. The second-order valence-corrected chi connectivity index (χ2v) is 7.90. The van der Waals surface area contributed by atoms with Gasteiger partial charge < -0.3 is 19.2 Å². The highest BCUT2D eigenvalue weighted by Crippen LogP contribution is 2.31. The molecule has 2 heterocycles. The van der Waals surface area contributed by atoms with E-state index in [2.05, 4.69) is 34.1 Å². The number of morpholine rings is 1. The quantitative estimate of drug-likeness (QED) is 0.466. The van der Waals surface area contributed by atoms with Gasteiger partial charge in [-0.2, -0.15) is 0 Å². The second-order valence-electron chi connectivity index (χ2n) is 7.90. The molecule has 0 spiro atoms. The Hall–Kier alpha value is -3.35. The van der Waals surface area contributed by atoms with Crippen molar-refractivity contribution in [3.63, 3.8) is 0 Å². The van der Waals surface area contributed by atoms with Crippen LogP contribution in [-0.4, -0.2) is 48.3 Å². The molecule has 1 aliphatic heterocycles. The monoisotopic (exact) mass is 429 g/mol. The number of imidazole rings is 1. The van der Waals surface area contributed by atoms with Crippen molar-refractivity contribution in [2.75, 3.05) is 33.4 Å². The number of hydrogen-bond donors (Lipinski definition) is 1. The van der Waals surface area contributed by atoms with Gasteiger partial charge >= 0.3 is 0 Å². The summed E-state index contributed by atoms with van der Waals surface area (Å²) in [6, 6.07) is 24.5. The molecule has 1 N–H and O–H groups in total. The molecule has 32 heavy (non-hydrogen) atoms. The molecule has 1 unspecified atom stereocenters. The molecule has 3 aromatic carbocycles. The van der Waals surface area contributed by atoms with Crippen molar-refractivity contribution in [3.05, 3.63) is 89.7 Å². The van der Waals surface area contributed by atoms with Crippen LogP contribution in [0.1, 0.15) is 23.0 Å². The SMILES string of the molecule is COc1ccc2[nH]c(C(c3ccc(OCc4ccccc4)cc3)N3CCOCC3)nc2c1. The predicted octanol–water partition coefficient (Wildman–Crippen LogP) is 4.57. The Bertz CT molecular complexity index is 1150. The van der Waals surface area contributed by atoms with Crippen molar-refractivity contribution < 1.29 is 14.2 Å². The third kappa shape index (κ3) is 4.47. The third-order valence-electron chi connectivity index (χ3n) is 5.82. The lowest BCUT2D eigenvalue weighted by Crippen LogP contribution is -2.39. The van der Waals surface area contributed by atoms with E-state index in [1.54, 1.807) is 7.11 Å². The van der Waals surface area contributed by atoms with Gasteiger partial charge in [-0.1, -0.05) is 42.5 Å². The lowest BCUT2D eigenvalue weighted by Gasteiger charge is -2.33. The molecule has 0 radical (unpaired) electrons. The molecule has 6 nitrogen and oxygen atoms in total. The van der Waals surface area contributed by atoms with Gasteiger partial charge in [-0.05, 0) is 35.4 Å². The minimum Gasteiger partial charge on any atom is -0.497 e. The maximum atomic E-state index is 5.98. The first-order chi connectivity index (χ1) is 15.8. The molecular formula is C26H27N3O3. The Labute approximate surface area is 187 Å². The number of nitrogens with one attached hydrogen (secondary N) is 1. The number of nitrogens with zero attached hydrogens (tertiary/aromatic N) is 2. The van der Waals surface area contributed by atoms with Gasteiger partial charge in [0.2, 0.25) is 0 Å². The van der Waals surface area contributed by atoms with Crippen LogP contribution in [0.5, 0.6) is 11.5 Å². The van der Waals surface area contributed by atoms with E-state index in [-0.39, 0.29) is 6.04 Å². The Morgan fingerprint density at radius 1 is 0.969 bits per heavy atom. The molecule has 1 aliphatic rings. The van der Waals surface area contributed by atoms with Crippen LogP contribution < -0.4 is 9.47 Å². The summed E-state index contributed by atoms with van der Waals surface area (Å²) < 4.78 is 16.9. The van der Waals surface area contributed by atoms with E-state index in [0.717, 1.165) is 60.2 Å². The molecule has 1 aromatic heterocycles. The van der Waals surface area contributed by atoms with E-state index in [0.29, 0.717) is 6.61 Å². The van der Waals surface area contributed by atoms with Crippen LogP contribution in [0.3, 0.4) is 0 Å². The van der Waals surface area contributed by atoms with Gasteiger partial charge in [-0.15, -0.1) is 0 Å². The summed E-state index contributed by atoms with van der Waals surface area (Å²) in [5.74, 6) is 2.58. The van der Waals surface area contributed by atoms with Crippen molar-refractivity contribution in [2.45, 2.75) is 12.6 Å². The molecule has 1 atom stereocenters. The second kappa shape index (κ2) is 9.42. The van der Waals surface area contributed by atoms with Gasteiger partial charge in [0.15, 0.2) is 0 Å². The van der Waals surface area contributed by atoms with Crippen LogP contribution in [-0.2, 0) is 11.3 Å². The van der Waals surface area contributed by atoms with Crippen molar-refractivity contribution in [2.24, 2.45) is 0 Å². The fraction of sp³-hybridized carbons (Fsp3) is 0.269. The number of rotatable bonds is 7. The van der Waals surface area contributed by atoms with Gasteiger partial charge in [-0.25, -0.2) is 4.98 Å². The number of aromatic nitrogens is 2. The molecule has 1 fully saturated rings. The molecule has 1 saturated heterocycles. The maximum Gasteiger partial charge on any atom is 0.129 e. The van der Waals surface area contributed by atoms with Crippen molar-refractivity contribution in [3.8, 4) is 11.5 Å². The molecular weight excluding hydrogens is 402 g/mol. The number of fused-ring (bicyclic) bond motifs is 1. The molecule has 0 amide bonds. The Balaban J connectivity index is 1.42. The van der Waals surface area contributed by atoms with Crippen LogP contribution in [0.25, 0.3) is 11.0 Å². The minimum atomic E-state index is 0.0143. The van der Waals surface area contributed by atoms with Crippen molar-refractivity contribution in [1.82, 2.24) is 14.9 Å². The lowest BCUT2D eigenvalue weighted by atomic mass is 10.0. The topological polar surface area (TPSA) is 59.6 Å². The van der Waals surface area contributed by atoms with E-state index in [4.69, 9.17) is 19.2 Å². The first kappa shape index (κ1) is 20.5. The van der Waals surface area contributed by atoms with Crippen molar-refractivity contribution in [1.29, 1.82) is 0 Å². The number of H-pyrrole nitrogens is 1. The van der Waals surface area contributed by atoms with E-state index in [1.807, 2.05) is 48.5 Å². The first-order valence-electron chi connectivity index (χ1n) is 10.9. The van der Waals surface area contributed by atoms with Gasteiger partial charge in [0.25, 0.3) is 0 Å². The van der Waals surface area contributed by atoms with Crippen LogP contribution in [0, 0.1) is 0 Å². The first-order valence-corrected chi connectivity index (χ1v) is 10.9. The van der Waals surface area contributed by atoms with Crippen LogP contribution >= 0.6 is 0 Å². The summed E-state index contributed by atoms with van der Waals surface area (Å²) in [4.78, 5) is 10.9. The number of hydrogen-bond acceptors (Lipinski definition) is 5. The highest BCUT2D eigenvalue weighted by Gasteiger charge is 2.27. The summed E-state index contributed by atoms with van der Waals surface area (Å²) in [5.41, 5.74) is 4.23. The van der Waals surface area contributed by atoms with E-state index < -0.39 is 0 Å². The average Bonchev–Trinajstić information content (AvgIpc) is 3.27. The number of aromatic amines is 1. The Morgan fingerprint density at radius 3 is 2.47 bits per heavy atom.